The Morgan fingerprint density at radius 3 is 2.65 bits per heavy atom. The molecule has 4 rings (SSSR count). The van der Waals surface area contributed by atoms with Crippen LogP contribution >= 0.6 is 0 Å². The second-order valence-corrected chi connectivity index (χ2v) is 5.39. The molecule has 2 N–H and O–H groups in total. The van der Waals surface area contributed by atoms with Crippen LogP contribution in [0.25, 0.3) is 10.9 Å². The summed E-state index contributed by atoms with van der Waals surface area (Å²) < 4.78 is 5.77. The van der Waals surface area contributed by atoms with Crippen molar-refractivity contribution in [3.63, 3.8) is 0 Å². The van der Waals surface area contributed by atoms with E-state index in [2.05, 4.69) is 11.1 Å². The van der Waals surface area contributed by atoms with Crippen LogP contribution in [0.5, 0.6) is 5.75 Å². The Labute approximate surface area is 133 Å². The predicted molar refractivity (Wildman–Crippen MR) is 87.5 cm³/mol. The maximum atomic E-state index is 9.55. The average molecular weight is 299 g/mol. The van der Waals surface area contributed by atoms with Crippen molar-refractivity contribution in [2.45, 2.75) is 5.92 Å². The number of fused-ring (bicyclic) bond motifs is 3. The monoisotopic (exact) mass is 299 g/mol. The van der Waals surface area contributed by atoms with Gasteiger partial charge in [-0.1, -0.05) is 48.5 Å². The number of rotatable bonds is 1. The van der Waals surface area contributed by atoms with E-state index in [1.165, 1.54) is 0 Å². The van der Waals surface area contributed by atoms with Gasteiger partial charge in [-0.25, -0.2) is 0 Å². The number of pyridine rings is 1. The summed E-state index contributed by atoms with van der Waals surface area (Å²) in [6, 6.07) is 19.9. The number of nitrogens with zero attached hydrogens (tertiary/aromatic N) is 2. The average Bonchev–Trinajstić information content (AvgIpc) is 2.61. The molecule has 1 aliphatic heterocycles. The second-order valence-electron chi connectivity index (χ2n) is 5.39. The largest absolute Gasteiger partial charge is 0.438 e. The Kier molecular flexibility index (Phi) is 2.99. The highest BCUT2D eigenvalue weighted by molar-refractivity contribution is 5.87. The Balaban J connectivity index is 2.03. The van der Waals surface area contributed by atoms with Crippen LogP contribution in [-0.2, 0) is 0 Å². The van der Waals surface area contributed by atoms with Crippen molar-refractivity contribution >= 4 is 10.9 Å². The van der Waals surface area contributed by atoms with Gasteiger partial charge in [0.2, 0.25) is 5.88 Å². The third kappa shape index (κ3) is 2.02. The highest BCUT2D eigenvalue weighted by atomic mass is 16.5. The molecule has 1 aromatic heterocycles. The molecule has 2 aromatic carbocycles. The molecule has 0 radical (unpaired) electrons. The molecule has 4 heteroatoms. The van der Waals surface area contributed by atoms with Gasteiger partial charge >= 0.3 is 0 Å². The van der Waals surface area contributed by atoms with E-state index in [1.807, 2.05) is 54.6 Å². The zero-order valence-electron chi connectivity index (χ0n) is 12.2. The van der Waals surface area contributed by atoms with Crippen molar-refractivity contribution in [1.29, 1.82) is 5.26 Å². The number of ether oxygens (including phenoxy) is 1. The molecule has 0 aliphatic carbocycles. The van der Waals surface area contributed by atoms with Gasteiger partial charge in [-0.15, -0.1) is 0 Å². The van der Waals surface area contributed by atoms with Gasteiger partial charge < -0.3 is 10.5 Å². The summed E-state index contributed by atoms with van der Waals surface area (Å²) in [5.74, 6) is 0.539. The van der Waals surface area contributed by atoms with Gasteiger partial charge in [-0.3, -0.25) is 4.98 Å². The fourth-order valence-corrected chi connectivity index (χ4v) is 3.04. The molecule has 4 nitrogen and oxygen atoms in total. The third-order valence-corrected chi connectivity index (χ3v) is 4.09. The van der Waals surface area contributed by atoms with E-state index in [0.29, 0.717) is 11.3 Å². The number of benzene rings is 2. The molecule has 0 amide bonds. The summed E-state index contributed by atoms with van der Waals surface area (Å²) in [5.41, 5.74) is 9.13. The number of aromatic nitrogens is 1. The maximum Gasteiger partial charge on any atom is 0.205 e. The van der Waals surface area contributed by atoms with Gasteiger partial charge in [-0.05, 0) is 11.6 Å². The summed E-state index contributed by atoms with van der Waals surface area (Å²) in [7, 11) is 0. The van der Waals surface area contributed by atoms with Crippen LogP contribution in [0.2, 0.25) is 0 Å². The summed E-state index contributed by atoms with van der Waals surface area (Å²) >= 11 is 0. The number of nitrogens with two attached hydrogens (primary N) is 1. The van der Waals surface area contributed by atoms with Crippen LogP contribution in [-0.4, -0.2) is 4.98 Å². The van der Waals surface area contributed by atoms with Crippen molar-refractivity contribution in [2.24, 2.45) is 5.73 Å². The van der Waals surface area contributed by atoms with Gasteiger partial charge in [0.05, 0.1) is 5.92 Å². The number of allylic oxidation sites excluding steroid dienone is 1. The van der Waals surface area contributed by atoms with Gasteiger partial charge in [0.1, 0.15) is 17.2 Å². The lowest BCUT2D eigenvalue weighted by Crippen LogP contribution is -2.21. The molecule has 1 atom stereocenters. The normalized spacial score (nSPS) is 16.6. The minimum absolute atomic E-state index is 0.145. The lowest BCUT2D eigenvalue weighted by molar-refractivity contribution is 0.397. The lowest BCUT2D eigenvalue weighted by atomic mass is 9.83. The SMILES string of the molecule is N#CC1=C(N)Oc2c(ccc3cccnc23)[C@H]1c1ccccc1. The molecule has 1 aliphatic rings. The first-order valence-corrected chi connectivity index (χ1v) is 7.30. The first kappa shape index (κ1) is 13.4. The van der Waals surface area contributed by atoms with E-state index in [1.54, 1.807) is 6.20 Å². The molecule has 0 saturated carbocycles. The van der Waals surface area contributed by atoms with E-state index < -0.39 is 0 Å². The van der Waals surface area contributed by atoms with Crippen LogP contribution < -0.4 is 10.5 Å². The molecule has 110 valence electrons. The van der Waals surface area contributed by atoms with Crippen molar-refractivity contribution in [3.05, 3.63) is 83.4 Å². The Morgan fingerprint density at radius 2 is 1.87 bits per heavy atom. The summed E-state index contributed by atoms with van der Waals surface area (Å²) in [5, 5.41) is 10.5. The number of hydrogen-bond acceptors (Lipinski definition) is 4. The molecule has 0 unspecified atom stereocenters. The minimum atomic E-state index is -0.239. The van der Waals surface area contributed by atoms with Crippen LogP contribution in [0, 0.1) is 11.3 Å². The Hall–Kier alpha value is -3.32. The molecule has 3 aromatic rings. The highest BCUT2D eigenvalue weighted by Gasteiger charge is 2.31. The van der Waals surface area contributed by atoms with Gasteiger partial charge in [0.15, 0.2) is 5.75 Å². The van der Waals surface area contributed by atoms with E-state index in [4.69, 9.17) is 10.5 Å². The molecule has 0 bridgehead atoms. The fourth-order valence-electron chi connectivity index (χ4n) is 3.04. The lowest BCUT2D eigenvalue weighted by Gasteiger charge is -2.27. The first-order chi connectivity index (χ1) is 11.3. The zero-order chi connectivity index (χ0) is 15.8. The van der Waals surface area contributed by atoms with E-state index in [-0.39, 0.29) is 11.8 Å². The first-order valence-electron chi connectivity index (χ1n) is 7.30. The van der Waals surface area contributed by atoms with Crippen molar-refractivity contribution < 1.29 is 4.74 Å². The maximum absolute atomic E-state index is 9.55. The fraction of sp³-hybridized carbons (Fsp3) is 0.0526. The van der Waals surface area contributed by atoms with Gasteiger partial charge in [-0.2, -0.15) is 5.26 Å². The van der Waals surface area contributed by atoms with Crippen molar-refractivity contribution in [1.82, 2.24) is 4.98 Å². The van der Waals surface area contributed by atoms with Crippen LogP contribution in [0.1, 0.15) is 17.0 Å². The quantitative estimate of drug-likeness (QED) is 0.747. The molecule has 2 heterocycles. The minimum Gasteiger partial charge on any atom is -0.438 e. The highest BCUT2D eigenvalue weighted by Crippen LogP contribution is 2.44. The van der Waals surface area contributed by atoms with Crippen LogP contribution in [0.3, 0.4) is 0 Å². The molecule has 0 fully saturated rings. The molecule has 0 spiro atoms. The summed E-state index contributed by atoms with van der Waals surface area (Å²) in [6.45, 7) is 0. The van der Waals surface area contributed by atoms with Gasteiger partial charge in [0.25, 0.3) is 0 Å². The molecule has 0 saturated heterocycles. The molecular weight excluding hydrogens is 286 g/mol. The standard InChI is InChI=1S/C19H13N3O/c20-11-15-16(12-5-2-1-3-6-12)14-9-8-13-7-4-10-22-17(13)18(14)23-19(15)21/h1-10,16H,21H2/t16-/m1/s1. The van der Waals surface area contributed by atoms with Crippen LogP contribution in [0.15, 0.2) is 72.3 Å². The third-order valence-electron chi connectivity index (χ3n) is 4.09. The van der Waals surface area contributed by atoms with E-state index >= 15 is 0 Å². The Bertz CT molecular complexity index is 971. The van der Waals surface area contributed by atoms with E-state index in [9.17, 15) is 5.26 Å². The summed E-state index contributed by atoms with van der Waals surface area (Å²) in [4.78, 5) is 4.42. The zero-order valence-corrected chi connectivity index (χ0v) is 12.2. The molecular formula is C19H13N3O. The molecule has 23 heavy (non-hydrogen) atoms. The van der Waals surface area contributed by atoms with E-state index in [0.717, 1.165) is 22.0 Å². The second kappa shape index (κ2) is 5.15. The summed E-state index contributed by atoms with van der Waals surface area (Å²) in [6.07, 6.45) is 1.73. The topological polar surface area (TPSA) is 71.9 Å². The van der Waals surface area contributed by atoms with Crippen molar-refractivity contribution in [3.8, 4) is 11.8 Å². The van der Waals surface area contributed by atoms with Crippen molar-refractivity contribution in [2.75, 3.05) is 0 Å². The number of nitriles is 1. The predicted octanol–water partition coefficient (Wildman–Crippen LogP) is 3.45. The van der Waals surface area contributed by atoms with Gasteiger partial charge in [0, 0.05) is 17.1 Å². The van der Waals surface area contributed by atoms with Crippen LogP contribution in [0.4, 0.5) is 0 Å². The Morgan fingerprint density at radius 1 is 1.04 bits per heavy atom. The number of hydrogen-bond donors (Lipinski definition) is 1. The smallest absolute Gasteiger partial charge is 0.205 e.